The molecule has 0 spiro atoms. The number of hydrogen-bond acceptors (Lipinski definition) is 5. The van der Waals surface area contributed by atoms with E-state index in [0.717, 1.165) is 0 Å². The molecule has 5 heteroatoms. The molecular formula is C9H13NO4. The standard InChI is InChI=1S/C9H13NO4/c1-7(8-10-3-6-13-8)9(12)14-5-2-4-11/h11H,1-6H2. The van der Waals surface area contributed by atoms with E-state index in [1.807, 2.05) is 0 Å². The van der Waals surface area contributed by atoms with E-state index in [-0.39, 0.29) is 24.7 Å². The van der Waals surface area contributed by atoms with E-state index in [9.17, 15) is 4.79 Å². The normalized spacial score (nSPS) is 14.5. The summed E-state index contributed by atoms with van der Waals surface area (Å²) in [6, 6.07) is 0. The van der Waals surface area contributed by atoms with Crippen molar-refractivity contribution in [3.05, 3.63) is 12.2 Å². The molecule has 0 bridgehead atoms. The van der Waals surface area contributed by atoms with Gasteiger partial charge in [0, 0.05) is 13.0 Å². The van der Waals surface area contributed by atoms with Gasteiger partial charge in [-0.15, -0.1) is 0 Å². The first kappa shape index (κ1) is 10.7. The molecule has 0 saturated heterocycles. The summed E-state index contributed by atoms with van der Waals surface area (Å²) in [5, 5.41) is 8.47. The molecule has 0 aromatic rings. The highest BCUT2D eigenvalue weighted by Crippen LogP contribution is 2.05. The summed E-state index contributed by atoms with van der Waals surface area (Å²) < 4.78 is 9.84. The summed E-state index contributed by atoms with van der Waals surface area (Å²) in [5.74, 6) is -0.280. The monoisotopic (exact) mass is 199 g/mol. The second-order valence-corrected chi connectivity index (χ2v) is 2.73. The van der Waals surface area contributed by atoms with Gasteiger partial charge >= 0.3 is 5.97 Å². The summed E-state index contributed by atoms with van der Waals surface area (Å²) >= 11 is 0. The van der Waals surface area contributed by atoms with Crippen LogP contribution >= 0.6 is 0 Å². The highest BCUT2D eigenvalue weighted by atomic mass is 16.5. The largest absolute Gasteiger partial charge is 0.475 e. The minimum Gasteiger partial charge on any atom is -0.475 e. The molecule has 0 aromatic carbocycles. The first-order valence-corrected chi connectivity index (χ1v) is 4.40. The molecule has 0 aromatic heterocycles. The zero-order chi connectivity index (χ0) is 10.4. The van der Waals surface area contributed by atoms with E-state index in [4.69, 9.17) is 14.6 Å². The van der Waals surface area contributed by atoms with Crippen LogP contribution in [-0.2, 0) is 14.3 Å². The molecule has 1 aliphatic rings. The predicted molar refractivity (Wildman–Crippen MR) is 50.1 cm³/mol. The lowest BCUT2D eigenvalue weighted by Crippen LogP contribution is -2.16. The van der Waals surface area contributed by atoms with Crippen molar-refractivity contribution in [2.45, 2.75) is 6.42 Å². The smallest absolute Gasteiger partial charge is 0.343 e. The maximum absolute atomic E-state index is 11.2. The van der Waals surface area contributed by atoms with E-state index < -0.39 is 5.97 Å². The highest BCUT2D eigenvalue weighted by Gasteiger charge is 2.19. The van der Waals surface area contributed by atoms with Crippen LogP contribution in [0.3, 0.4) is 0 Å². The van der Waals surface area contributed by atoms with Crippen LogP contribution in [0.25, 0.3) is 0 Å². The maximum atomic E-state index is 11.2. The van der Waals surface area contributed by atoms with Crippen molar-refractivity contribution >= 4 is 11.9 Å². The molecule has 0 radical (unpaired) electrons. The Morgan fingerprint density at radius 1 is 1.71 bits per heavy atom. The Morgan fingerprint density at radius 2 is 2.50 bits per heavy atom. The molecule has 1 N–H and O–H groups in total. The molecule has 1 heterocycles. The second kappa shape index (κ2) is 5.39. The highest BCUT2D eigenvalue weighted by molar-refractivity contribution is 6.16. The summed E-state index contributed by atoms with van der Waals surface area (Å²) in [5.41, 5.74) is 0.139. The van der Waals surface area contributed by atoms with Crippen LogP contribution < -0.4 is 0 Å². The molecule has 0 fully saturated rings. The van der Waals surface area contributed by atoms with E-state index in [0.29, 0.717) is 19.6 Å². The molecule has 0 saturated carbocycles. The molecule has 78 valence electrons. The Kier molecular flexibility index (Phi) is 4.12. The topological polar surface area (TPSA) is 68.1 Å². The van der Waals surface area contributed by atoms with Gasteiger partial charge in [-0.1, -0.05) is 6.58 Å². The first-order chi connectivity index (χ1) is 6.75. The minimum atomic E-state index is -0.542. The molecule has 5 nitrogen and oxygen atoms in total. The molecule has 0 amide bonds. The van der Waals surface area contributed by atoms with Crippen LogP contribution in [0.5, 0.6) is 0 Å². The Balaban J connectivity index is 2.33. The lowest BCUT2D eigenvalue weighted by molar-refractivity contribution is -0.138. The van der Waals surface area contributed by atoms with E-state index in [1.165, 1.54) is 0 Å². The van der Waals surface area contributed by atoms with E-state index in [2.05, 4.69) is 11.6 Å². The molecule has 1 aliphatic heterocycles. The molecule has 1 rings (SSSR count). The van der Waals surface area contributed by atoms with Gasteiger partial charge in [-0.3, -0.25) is 0 Å². The number of carbonyl (C=O) groups excluding carboxylic acids is 1. The van der Waals surface area contributed by atoms with Crippen molar-refractivity contribution in [2.24, 2.45) is 4.99 Å². The second-order valence-electron chi connectivity index (χ2n) is 2.73. The molecular weight excluding hydrogens is 186 g/mol. The van der Waals surface area contributed by atoms with Gasteiger partial charge in [0.15, 0.2) is 0 Å². The molecule has 14 heavy (non-hydrogen) atoms. The van der Waals surface area contributed by atoms with Gasteiger partial charge in [0.1, 0.15) is 12.2 Å². The molecule has 0 unspecified atom stereocenters. The minimum absolute atomic E-state index is 0.00278. The fourth-order valence-corrected chi connectivity index (χ4v) is 0.922. The third-order valence-corrected chi connectivity index (χ3v) is 1.63. The predicted octanol–water partition coefficient (Wildman–Crippen LogP) is -0.103. The van der Waals surface area contributed by atoms with E-state index in [1.54, 1.807) is 0 Å². The SMILES string of the molecule is C=C(C(=O)OCCCO)C1=NCCO1. The zero-order valence-corrected chi connectivity index (χ0v) is 7.86. The van der Waals surface area contributed by atoms with Gasteiger partial charge in [-0.25, -0.2) is 9.79 Å². The maximum Gasteiger partial charge on any atom is 0.343 e. The van der Waals surface area contributed by atoms with Crippen LogP contribution in [0.1, 0.15) is 6.42 Å². The van der Waals surface area contributed by atoms with Crippen LogP contribution in [0, 0.1) is 0 Å². The van der Waals surface area contributed by atoms with Crippen molar-refractivity contribution < 1.29 is 19.4 Å². The number of carbonyl (C=O) groups is 1. The first-order valence-electron chi connectivity index (χ1n) is 4.40. The van der Waals surface area contributed by atoms with Crippen molar-refractivity contribution in [3.63, 3.8) is 0 Å². The summed E-state index contributed by atoms with van der Waals surface area (Å²) in [6.45, 7) is 4.74. The number of hydrogen-bond donors (Lipinski definition) is 1. The molecule has 0 atom stereocenters. The number of ether oxygens (including phenoxy) is 2. The Bertz CT molecular complexity index is 260. The number of nitrogens with zero attached hydrogens (tertiary/aromatic N) is 1. The lowest BCUT2D eigenvalue weighted by Gasteiger charge is -2.05. The fraction of sp³-hybridized carbons (Fsp3) is 0.556. The van der Waals surface area contributed by atoms with Crippen molar-refractivity contribution in [3.8, 4) is 0 Å². The van der Waals surface area contributed by atoms with Crippen molar-refractivity contribution in [2.75, 3.05) is 26.4 Å². The summed E-state index contributed by atoms with van der Waals surface area (Å²) in [7, 11) is 0. The number of aliphatic hydroxyl groups excluding tert-OH is 1. The number of rotatable bonds is 5. The van der Waals surface area contributed by atoms with Crippen molar-refractivity contribution in [1.82, 2.24) is 0 Å². The Hall–Kier alpha value is -1.36. The van der Waals surface area contributed by atoms with Gasteiger partial charge < -0.3 is 14.6 Å². The van der Waals surface area contributed by atoms with Crippen LogP contribution in [0.15, 0.2) is 17.1 Å². The van der Waals surface area contributed by atoms with Gasteiger partial charge in [0.25, 0.3) is 0 Å². The molecule has 0 aliphatic carbocycles. The average molecular weight is 199 g/mol. The third kappa shape index (κ3) is 2.85. The summed E-state index contributed by atoms with van der Waals surface area (Å²) in [6.07, 6.45) is 0.423. The zero-order valence-electron chi connectivity index (χ0n) is 7.86. The van der Waals surface area contributed by atoms with Gasteiger partial charge in [0.2, 0.25) is 5.90 Å². The van der Waals surface area contributed by atoms with Crippen LogP contribution in [0.2, 0.25) is 0 Å². The van der Waals surface area contributed by atoms with Crippen LogP contribution in [0.4, 0.5) is 0 Å². The van der Waals surface area contributed by atoms with Gasteiger partial charge in [-0.05, 0) is 0 Å². The number of aliphatic hydroxyl groups is 1. The van der Waals surface area contributed by atoms with Gasteiger partial charge in [0.05, 0.1) is 13.2 Å². The average Bonchev–Trinajstić information content (AvgIpc) is 2.69. The third-order valence-electron chi connectivity index (χ3n) is 1.63. The number of aliphatic imine (C=N–C) groups is 1. The quantitative estimate of drug-likeness (QED) is 0.381. The van der Waals surface area contributed by atoms with Crippen molar-refractivity contribution in [1.29, 1.82) is 0 Å². The lowest BCUT2D eigenvalue weighted by atomic mass is 10.3. The fourth-order valence-electron chi connectivity index (χ4n) is 0.922. The van der Waals surface area contributed by atoms with Gasteiger partial charge in [-0.2, -0.15) is 0 Å². The Morgan fingerprint density at radius 3 is 3.07 bits per heavy atom. The Labute approximate surface area is 82.0 Å². The van der Waals surface area contributed by atoms with Crippen LogP contribution in [-0.4, -0.2) is 43.3 Å². The number of esters is 1. The summed E-state index contributed by atoms with van der Waals surface area (Å²) in [4.78, 5) is 15.2. The van der Waals surface area contributed by atoms with E-state index >= 15 is 0 Å².